The Balaban J connectivity index is 1.65. The molecule has 1 fully saturated rings. The number of nitrogens with zero attached hydrogens (tertiary/aromatic N) is 6. The molecular formula is C20H27N7O2S. The fourth-order valence-corrected chi connectivity index (χ4v) is 4.85. The summed E-state index contributed by atoms with van der Waals surface area (Å²) in [4.78, 5) is 43.1. The van der Waals surface area contributed by atoms with Crippen molar-refractivity contribution in [3.05, 3.63) is 38.3 Å². The van der Waals surface area contributed by atoms with Crippen molar-refractivity contribution in [3.8, 4) is 0 Å². The van der Waals surface area contributed by atoms with Gasteiger partial charge in [0.2, 0.25) is 5.95 Å². The van der Waals surface area contributed by atoms with Gasteiger partial charge in [0.1, 0.15) is 0 Å². The van der Waals surface area contributed by atoms with Crippen molar-refractivity contribution in [2.45, 2.75) is 45.3 Å². The van der Waals surface area contributed by atoms with Crippen LogP contribution in [0.1, 0.15) is 31.2 Å². The van der Waals surface area contributed by atoms with E-state index in [0.29, 0.717) is 17.7 Å². The van der Waals surface area contributed by atoms with E-state index in [1.165, 1.54) is 4.57 Å². The highest BCUT2D eigenvalue weighted by Gasteiger charge is 2.24. The van der Waals surface area contributed by atoms with E-state index in [1.807, 2.05) is 24.5 Å². The van der Waals surface area contributed by atoms with E-state index in [9.17, 15) is 9.59 Å². The highest BCUT2D eigenvalue weighted by Crippen LogP contribution is 2.26. The maximum Gasteiger partial charge on any atom is 0.329 e. The topological polar surface area (TPSA) is 102 Å². The lowest BCUT2D eigenvalue weighted by Crippen LogP contribution is -2.30. The zero-order valence-electron chi connectivity index (χ0n) is 17.8. The van der Waals surface area contributed by atoms with Crippen molar-refractivity contribution in [2.24, 2.45) is 13.0 Å². The van der Waals surface area contributed by atoms with Gasteiger partial charge >= 0.3 is 5.69 Å². The van der Waals surface area contributed by atoms with Crippen LogP contribution < -0.4 is 16.1 Å². The van der Waals surface area contributed by atoms with Gasteiger partial charge in [-0.2, -0.15) is 4.98 Å². The van der Waals surface area contributed by atoms with Crippen LogP contribution in [0.5, 0.6) is 0 Å². The molecule has 1 saturated heterocycles. The normalized spacial score (nSPS) is 15.3. The minimum Gasteiger partial charge on any atom is -0.342 e. The molecule has 10 heteroatoms. The SMILES string of the molecule is Cc1cc(C)nc(SC[C@H](C)Cn2c(N3CCCC3)nc3c2c(=O)[nH]c(=O)n3C)n1. The summed E-state index contributed by atoms with van der Waals surface area (Å²) in [5, 5.41) is 0.773. The minimum absolute atomic E-state index is 0.245. The maximum absolute atomic E-state index is 12.7. The molecule has 0 saturated carbocycles. The Morgan fingerprint density at radius 2 is 1.80 bits per heavy atom. The third kappa shape index (κ3) is 4.00. The average Bonchev–Trinajstić information content (AvgIpc) is 3.32. The number of anilines is 1. The second-order valence-corrected chi connectivity index (χ2v) is 9.04. The van der Waals surface area contributed by atoms with E-state index in [0.717, 1.165) is 54.2 Å². The number of imidazole rings is 1. The number of thioether (sulfide) groups is 1. The van der Waals surface area contributed by atoms with Crippen LogP contribution in [0.2, 0.25) is 0 Å². The Hall–Kier alpha value is -2.62. The molecule has 1 N–H and O–H groups in total. The summed E-state index contributed by atoms with van der Waals surface area (Å²) < 4.78 is 3.39. The van der Waals surface area contributed by atoms with Crippen molar-refractivity contribution >= 4 is 28.9 Å². The number of fused-ring (bicyclic) bond motifs is 1. The number of hydrogen-bond acceptors (Lipinski definition) is 7. The van der Waals surface area contributed by atoms with E-state index in [4.69, 9.17) is 4.98 Å². The third-order valence-electron chi connectivity index (χ3n) is 5.33. The van der Waals surface area contributed by atoms with Crippen molar-refractivity contribution in [2.75, 3.05) is 23.7 Å². The Morgan fingerprint density at radius 1 is 1.13 bits per heavy atom. The summed E-state index contributed by atoms with van der Waals surface area (Å²) in [7, 11) is 1.64. The highest BCUT2D eigenvalue weighted by molar-refractivity contribution is 7.99. The zero-order valence-corrected chi connectivity index (χ0v) is 18.6. The Kier molecular flexibility index (Phi) is 5.68. The summed E-state index contributed by atoms with van der Waals surface area (Å²) in [6, 6.07) is 1.96. The van der Waals surface area contributed by atoms with Gasteiger partial charge in [0, 0.05) is 43.8 Å². The van der Waals surface area contributed by atoms with Gasteiger partial charge in [-0.25, -0.2) is 14.8 Å². The first kappa shape index (κ1) is 20.6. The Labute approximate surface area is 178 Å². The lowest BCUT2D eigenvalue weighted by atomic mass is 10.2. The van der Waals surface area contributed by atoms with Gasteiger partial charge in [-0.05, 0) is 38.7 Å². The molecule has 1 aliphatic rings. The lowest BCUT2D eigenvalue weighted by Gasteiger charge is -2.20. The van der Waals surface area contributed by atoms with Crippen LogP contribution in [0, 0.1) is 19.8 Å². The molecule has 3 aromatic rings. The van der Waals surface area contributed by atoms with E-state index in [2.05, 4.69) is 26.8 Å². The predicted octanol–water partition coefficient (Wildman–Crippen LogP) is 1.86. The molecule has 1 atom stereocenters. The smallest absolute Gasteiger partial charge is 0.329 e. The quantitative estimate of drug-likeness (QED) is 0.471. The molecule has 30 heavy (non-hydrogen) atoms. The van der Waals surface area contributed by atoms with E-state index in [-0.39, 0.29) is 11.5 Å². The fourth-order valence-electron chi connectivity index (χ4n) is 3.89. The predicted molar refractivity (Wildman–Crippen MR) is 118 cm³/mol. The number of aryl methyl sites for hydroxylation is 3. The van der Waals surface area contributed by atoms with Gasteiger partial charge < -0.3 is 9.47 Å². The van der Waals surface area contributed by atoms with Crippen LogP contribution in [-0.2, 0) is 13.6 Å². The van der Waals surface area contributed by atoms with Crippen LogP contribution in [0.3, 0.4) is 0 Å². The van der Waals surface area contributed by atoms with Crippen LogP contribution >= 0.6 is 11.8 Å². The summed E-state index contributed by atoms with van der Waals surface area (Å²) in [5.74, 6) is 1.83. The average molecular weight is 430 g/mol. The first-order valence-electron chi connectivity index (χ1n) is 10.2. The van der Waals surface area contributed by atoms with Crippen molar-refractivity contribution < 1.29 is 0 Å². The minimum atomic E-state index is -0.444. The molecule has 0 bridgehead atoms. The fraction of sp³-hybridized carbons (Fsp3) is 0.550. The van der Waals surface area contributed by atoms with Crippen molar-refractivity contribution in [3.63, 3.8) is 0 Å². The van der Waals surface area contributed by atoms with Crippen LogP contribution in [0.4, 0.5) is 5.95 Å². The molecule has 4 rings (SSSR count). The van der Waals surface area contributed by atoms with E-state index >= 15 is 0 Å². The maximum atomic E-state index is 12.7. The van der Waals surface area contributed by atoms with Gasteiger partial charge in [-0.1, -0.05) is 18.7 Å². The number of nitrogens with one attached hydrogen (secondary N) is 1. The van der Waals surface area contributed by atoms with Crippen LogP contribution in [-0.4, -0.2) is 47.9 Å². The molecule has 1 aliphatic heterocycles. The second-order valence-electron chi connectivity index (χ2n) is 8.06. The molecule has 9 nitrogen and oxygen atoms in total. The molecule has 0 aliphatic carbocycles. The van der Waals surface area contributed by atoms with Crippen LogP contribution in [0.15, 0.2) is 20.8 Å². The van der Waals surface area contributed by atoms with Gasteiger partial charge in [-0.15, -0.1) is 0 Å². The monoisotopic (exact) mass is 429 g/mol. The van der Waals surface area contributed by atoms with Crippen molar-refractivity contribution in [1.29, 1.82) is 0 Å². The highest BCUT2D eigenvalue weighted by atomic mass is 32.2. The number of hydrogen-bond donors (Lipinski definition) is 1. The Morgan fingerprint density at radius 3 is 2.47 bits per heavy atom. The molecule has 0 aromatic carbocycles. The van der Waals surface area contributed by atoms with Crippen LogP contribution in [0.25, 0.3) is 11.2 Å². The number of aromatic amines is 1. The van der Waals surface area contributed by atoms with Gasteiger partial charge in [0.15, 0.2) is 16.3 Å². The molecule has 0 amide bonds. The second kappa shape index (κ2) is 8.25. The van der Waals surface area contributed by atoms with E-state index < -0.39 is 5.69 Å². The summed E-state index contributed by atoms with van der Waals surface area (Å²) >= 11 is 1.62. The summed E-state index contributed by atoms with van der Waals surface area (Å²) in [6.45, 7) is 8.54. The van der Waals surface area contributed by atoms with Crippen molar-refractivity contribution in [1.82, 2.24) is 29.1 Å². The third-order valence-corrected chi connectivity index (χ3v) is 6.51. The molecule has 4 heterocycles. The van der Waals surface area contributed by atoms with Gasteiger partial charge in [0.05, 0.1) is 0 Å². The molecule has 160 valence electrons. The molecule has 3 aromatic heterocycles. The first-order valence-corrected chi connectivity index (χ1v) is 11.2. The zero-order chi connectivity index (χ0) is 21.4. The van der Waals surface area contributed by atoms with Gasteiger partial charge in [0.25, 0.3) is 5.56 Å². The molecule has 0 spiro atoms. The summed E-state index contributed by atoms with van der Waals surface area (Å²) in [6.07, 6.45) is 2.21. The first-order chi connectivity index (χ1) is 14.3. The largest absolute Gasteiger partial charge is 0.342 e. The Bertz CT molecular complexity index is 1170. The van der Waals surface area contributed by atoms with Gasteiger partial charge in [-0.3, -0.25) is 14.3 Å². The molecule has 0 radical (unpaired) electrons. The molecular weight excluding hydrogens is 402 g/mol. The number of H-pyrrole nitrogens is 1. The number of aromatic nitrogens is 6. The lowest BCUT2D eigenvalue weighted by molar-refractivity contribution is 0.536. The standard InChI is InChI=1S/C20H27N7O2S/c1-12(11-30-18-21-13(2)9-14(3)22-18)10-27-15-16(25(4)20(29)24-17(15)28)23-19(27)26-7-5-6-8-26/h9,12H,5-8,10-11H2,1-4H3,(H,24,28,29)/t12-/m1/s1. The molecule has 0 unspecified atom stereocenters. The summed E-state index contributed by atoms with van der Waals surface area (Å²) in [5.41, 5.74) is 1.98. The van der Waals surface area contributed by atoms with E-state index in [1.54, 1.807) is 18.8 Å². The number of rotatable bonds is 6.